The Bertz CT molecular complexity index is 1180. The highest BCUT2D eigenvalue weighted by molar-refractivity contribution is 7.16. The molecule has 4 aromatic rings. The van der Waals surface area contributed by atoms with Crippen LogP contribution in [0.4, 0.5) is 5.13 Å². The number of anilines is 1. The molecule has 0 saturated heterocycles. The zero-order valence-electron chi connectivity index (χ0n) is 16.5. The molecule has 144 valence electrons. The van der Waals surface area contributed by atoms with Crippen molar-refractivity contribution in [2.75, 3.05) is 5.32 Å². The molecule has 0 fully saturated rings. The van der Waals surface area contributed by atoms with Crippen LogP contribution in [0.2, 0.25) is 0 Å². The number of rotatable bonds is 3. The number of aromatic amines is 1. The van der Waals surface area contributed by atoms with Gasteiger partial charge in [-0.2, -0.15) is 0 Å². The number of aromatic nitrogens is 3. The van der Waals surface area contributed by atoms with Crippen molar-refractivity contribution >= 4 is 44.6 Å². The lowest BCUT2D eigenvalue weighted by Crippen LogP contribution is -2.11. The van der Waals surface area contributed by atoms with Crippen molar-refractivity contribution in [1.82, 2.24) is 15.0 Å². The fraction of sp³-hybridized carbons (Fsp3) is 0.286. The first-order valence-electron chi connectivity index (χ1n) is 9.05. The molecule has 0 aliphatic rings. The van der Waals surface area contributed by atoms with Gasteiger partial charge < -0.3 is 4.98 Å². The zero-order valence-corrected chi connectivity index (χ0v) is 18.1. The van der Waals surface area contributed by atoms with E-state index in [1.54, 1.807) is 11.3 Å². The van der Waals surface area contributed by atoms with Crippen LogP contribution in [0.3, 0.4) is 0 Å². The summed E-state index contributed by atoms with van der Waals surface area (Å²) in [4.78, 5) is 26.0. The second-order valence-corrected chi connectivity index (χ2v) is 9.94. The van der Waals surface area contributed by atoms with E-state index in [-0.39, 0.29) is 11.3 Å². The van der Waals surface area contributed by atoms with Crippen molar-refractivity contribution in [3.8, 4) is 10.6 Å². The molecule has 28 heavy (non-hydrogen) atoms. The van der Waals surface area contributed by atoms with Crippen molar-refractivity contribution in [1.29, 1.82) is 0 Å². The number of hydrogen-bond acceptors (Lipinski definition) is 5. The van der Waals surface area contributed by atoms with E-state index in [9.17, 15) is 4.79 Å². The minimum absolute atomic E-state index is 0.0678. The number of hydrogen-bond donors (Lipinski definition) is 2. The molecule has 7 heteroatoms. The molecule has 1 amide bonds. The second-order valence-electron chi connectivity index (χ2n) is 7.87. The van der Waals surface area contributed by atoms with Crippen molar-refractivity contribution < 1.29 is 4.79 Å². The van der Waals surface area contributed by atoms with Crippen LogP contribution in [0.15, 0.2) is 29.6 Å². The van der Waals surface area contributed by atoms with Crippen molar-refractivity contribution in [2.45, 2.75) is 40.0 Å². The number of carbonyl (C=O) groups excluding carboxylic acids is 1. The molecule has 5 nitrogen and oxygen atoms in total. The van der Waals surface area contributed by atoms with Gasteiger partial charge >= 0.3 is 0 Å². The summed E-state index contributed by atoms with van der Waals surface area (Å²) >= 11 is 3.04. The van der Waals surface area contributed by atoms with E-state index < -0.39 is 0 Å². The van der Waals surface area contributed by atoms with Crippen molar-refractivity contribution in [3.63, 3.8) is 0 Å². The highest BCUT2D eigenvalue weighted by Crippen LogP contribution is 2.32. The quantitative estimate of drug-likeness (QED) is 0.441. The monoisotopic (exact) mass is 410 g/mol. The Morgan fingerprint density at radius 2 is 1.93 bits per heavy atom. The van der Waals surface area contributed by atoms with E-state index in [0.717, 1.165) is 32.2 Å². The molecule has 3 heterocycles. The van der Waals surface area contributed by atoms with Gasteiger partial charge in [-0.15, -0.1) is 22.7 Å². The Morgan fingerprint density at radius 3 is 2.61 bits per heavy atom. The van der Waals surface area contributed by atoms with Crippen LogP contribution in [-0.4, -0.2) is 20.9 Å². The summed E-state index contributed by atoms with van der Waals surface area (Å²) < 4.78 is 0. The molecule has 0 atom stereocenters. The van der Waals surface area contributed by atoms with E-state index in [0.29, 0.717) is 10.8 Å². The van der Waals surface area contributed by atoms with Gasteiger partial charge in [-0.3, -0.25) is 10.1 Å². The second kappa shape index (κ2) is 6.83. The van der Waals surface area contributed by atoms with Crippen LogP contribution in [0, 0.1) is 13.8 Å². The van der Waals surface area contributed by atoms with E-state index in [4.69, 9.17) is 0 Å². The topological polar surface area (TPSA) is 70.7 Å². The predicted octanol–water partition coefficient (Wildman–Crippen LogP) is 5.91. The highest BCUT2D eigenvalue weighted by atomic mass is 32.1. The molecule has 3 aromatic heterocycles. The molecule has 0 spiro atoms. The molecule has 2 N–H and O–H groups in total. The van der Waals surface area contributed by atoms with Crippen LogP contribution in [-0.2, 0) is 5.41 Å². The zero-order chi connectivity index (χ0) is 20.1. The van der Waals surface area contributed by atoms with Gasteiger partial charge in [0.1, 0.15) is 5.69 Å². The molecule has 4 rings (SSSR count). The van der Waals surface area contributed by atoms with Gasteiger partial charge in [0.15, 0.2) is 5.13 Å². The summed E-state index contributed by atoms with van der Waals surface area (Å²) in [6.07, 6.45) is 0. The molecule has 0 aliphatic heterocycles. The number of nitrogens with one attached hydrogen (secondary N) is 2. The van der Waals surface area contributed by atoms with Crippen molar-refractivity contribution in [3.05, 3.63) is 51.6 Å². The molecule has 0 unspecified atom stereocenters. The maximum atomic E-state index is 12.7. The van der Waals surface area contributed by atoms with Gasteiger partial charge in [0, 0.05) is 16.3 Å². The number of carbonyl (C=O) groups is 1. The largest absolute Gasteiger partial charge is 0.351 e. The van der Waals surface area contributed by atoms with Gasteiger partial charge in [-0.25, -0.2) is 9.97 Å². The SMILES string of the molecule is Cc1nc(C)c(-c2csc(NC(=O)c3cc4cc(C(C)(C)C)ccc4[nH]3)n2)s1. The first kappa shape index (κ1) is 18.8. The van der Waals surface area contributed by atoms with Gasteiger partial charge in [0.05, 0.1) is 21.3 Å². The van der Waals surface area contributed by atoms with E-state index in [2.05, 4.69) is 53.2 Å². The summed E-state index contributed by atoms with van der Waals surface area (Å²) in [5.41, 5.74) is 4.62. The number of benzene rings is 1. The summed E-state index contributed by atoms with van der Waals surface area (Å²) in [6.45, 7) is 10.5. The predicted molar refractivity (Wildman–Crippen MR) is 118 cm³/mol. The fourth-order valence-corrected chi connectivity index (χ4v) is 4.74. The Hall–Kier alpha value is -2.51. The molecular weight excluding hydrogens is 388 g/mol. The molecular formula is C21H22N4OS2. The minimum Gasteiger partial charge on any atom is -0.351 e. The van der Waals surface area contributed by atoms with Crippen LogP contribution in [0.1, 0.15) is 47.5 Å². The standard InChI is InChI=1S/C21H22N4OS2/c1-11-18(28-12(2)22-11)17-10-27-20(24-17)25-19(26)16-9-13-8-14(21(3,4)5)6-7-15(13)23-16/h6-10,23H,1-5H3,(H,24,25,26). The van der Waals surface area contributed by atoms with Gasteiger partial charge in [-0.1, -0.05) is 26.8 Å². The maximum Gasteiger partial charge on any atom is 0.273 e. The Balaban J connectivity index is 1.56. The van der Waals surface area contributed by atoms with Crippen LogP contribution in [0.5, 0.6) is 0 Å². The lowest BCUT2D eigenvalue weighted by atomic mass is 9.86. The summed E-state index contributed by atoms with van der Waals surface area (Å²) in [7, 11) is 0. The smallest absolute Gasteiger partial charge is 0.273 e. The van der Waals surface area contributed by atoms with Gasteiger partial charge in [0.2, 0.25) is 0 Å². The van der Waals surface area contributed by atoms with Crippen LogP contribution < -0.4 is 5.32 Å². The fourth-order valence-electron chi connectivity index (χ4n) is 3.09. The summed E-state index contributed by atoms with van der Waals surface area (Å²) in [5, 5.41) is 7.49. The number of nitrogens with zero attached hydrogens (tertiary/aromatic N) is 2. The number of fused-ring (bicyclic) bond motifs is 1. The average Bonchev–Trinajstić information content (AvgIpc) is 3.31. The average molecular weight is 411 g/mol. The minimum atomic E-state index is -0.188. The van der Waals surface area contributed by atoms with Crippen LogP contribution >= 0.6 is 22.7 Å². The first-order chi connectivity index (χ1) is 13.2. The molecule has 0 saturated carbocycles. The first-order valence-corrected chi connectivity index (χ1v) is 10.7. The number of amides is 1. The summed E-state index contributed by atoms with van der Waals surface area (Å²) in [6, 6.07) is 8.17. The number of thiazole rings is 2. The molecule has 0 radical (unpaired) electrons. The number of H-pyrrole nitrogens is 1. The highest BCUT2D eigenvalue weighted by Gasteiger charge is 2.17. The summed E-state index contributed by atoms with van der Waals surface area (Å²) in [5.74, 6) is -0.188. The molecule has 1 aromatic carbocycles. The Morgan fingerprint density at radius 1 is 1.14 bits per heavy atom. The van der Waals surface area contributed by atoms with E-state index in [1.807, 2.05) is 31.4 Å². The molecule has 0 bridgehead atoms. The lowest BCUT2D eigenvalue weighted by molar-refractivity contribution is 0.102. The maximum absolute atomic E-state index is 12.7. The normalized spacial score (nSPS) is 11.9. The lowest BCUT2D eigenvalue weighted by Gasteiger charge is -2.18. The van der Waals surface area contributed by atoms with E-state index >= 15 is 0 Å². The number of aryl methyl sites for hydroxylation is 2. The third-order valence-electron chi connectivity index (χ3n) is 4.59. The third kappa shape index (κ3) is 3.59. The van der Waals surface area contributed by atoms with Crippen LogP contribution in [0.25, 0.3) is 21.5 Å². The Kier molecular flexibility index (Phi) is 4.59. The molecule has 0 aliphatic carbocycles. The van der Waals surface area contributed by atoms with Crippen molar-refractivity contribution in [2.24, 2.45) is 0 Å². The third-order valence-corrected chi connectivity index (χ3v) is 6.45. The van der Waals surface area contributed by atoms with Gasteiger partial charge in [0.25, 0.3) is 5.91 Å². The van der Waals surface area contributed by atoms with Gasteiger partial charge in [-0.05, 0) is 43.0 Å². The Labute approximate surface area is 171 Å². The van der Waals surface area contributed by atoms with E-state index in [1.165, 1.54) is 16.9 Å².